The summed E-state index contributed by atoms with van der Waals surface area (Å²) in [7, 11) is 0. The van der Waals surface area contributed by atoms with Crippen LogP contribution in [0.5, 0.6) is 0 Å². The molecule has 0 spiro atoms. The van der Waals surface area contributed by atoms with E-state index < -0.39 is 0 Å². The smallest absolute Gasteiger partial charge is 0.266 e. The molecule has 1 aromatic heterocycles. The largest absolute Gasteiger partial charge is 0.372 e. The van der Waals surface area contributed by atoms with Crippen LogP contribution in [-0.4, -0.2) is 23.9 Å². The molecule has 0 saturated heterocycles. The molecule has 3 aromatic rings. The van der Waals surface area contributed by atoms with Crippen LogP contribution in [-0.2, 0) is 0 Å². The van der Waals surface area contributed by atoms with Gasteiger partial charge < -0.3 is 9.88 Å². The lowest BCUT2D eigenvalue weighted by Crippen LogP contribution is -2.21. The molecule has 0 fully saturated rings. The van der Waals surface area contributed by atoms with Gasteiger partial charge in [0.05, 0.1) is 14.2 Å². The maximum atomic E-state index is 12.4. The minimum Gasteiger partial charge on any atom is -0.372 e. The number of aromatic nitrogens is 1. The van der Waals surface area contributed by atoms with E-state index in [1.165, 1.54) is 17.4 Å². The van der Waals surface area contributed by atoms with Crippen molar-refractivity contribution in [3.8, 4) is 0 Å². The number of thiazole rings is 1. The number of halogens is 1. The Morgan fingerprint density at radius 1 is 1.11 bits per heavy atom. The van der Waals surface area contributed by atoms with Gasteiger partial charge in [0.2, 0.25) is 0 Å². The predicted molar refractivity (Wildman–Crippen MR) is 118 cm³/mol. The SMILES string of the molecule is CCN(CC)c1ccc(/C=c2\s/c(=C\C(=O)c3ccccc3Cl)[nH]c2=O)cc1. The minimum atomic E-state index is -0.238. The maximum absolute atomic E-state index is 12.4. The van der Waals surface area contributed by atoms with Gasteiger partial charge in [-0.3, -0.25) is 9.59 Å². The van der Waals surface area contributed by atoms with Gasteiger partial charge in [0.15, 0.2) is 5.78 Å². The number of hydrogen-bond acceptors (Lipinski definition) is 4. The van der Waals surface area contributed by atoms with Gasteiger partial charge in [0.25, 0.3) is 5.56 Å². The third-order valence-corrected chi connectivity index (χ3v) is 5.69. The van der Waals surface area contributed by atoms with E-state index in [1.807, 2.05) is 18.2 Å². The highest BCUT2D eigenvalue weighted by Crippen LogP contribution is 2.16. The number of ketones is 1. The minimum absolute atomic E-state index is 0.212. The fraction of sp³-hybridized carbons (Fsp3) is 0.182. The third kappa shape index (κ3) is 4.61. The second-order valence-electron chi connectivity index (χ2n) is 6.18. The van der Waals surface area contributed by atoms with Crippen molar-refractivity contribution in [2.75, 3.05) is 18.0 Å². The molecule has 6 heteroatoms. The van der Waals surface area contributed by atoms with Crippen molar-refractivity contribution in [1.29, 1.82) is 0 Å². The first-order chi connectivity index (χ1) is 13.5. The van der Waals surface area contributed by atoms with Gasteiger partial charge in [-0.2, -0.15) is 0 Å². The highest BCUT2D eigenvalue weighted by Gasteiger charge is 2.07. The zero-order valence-corrected chi connectivity index (χ0v) is 17.3. The van der Waals surface area contributed by atoms with E-state index in [4.69, 9.17) is 11.6 Å². The fourth-order valence-corrected chi connectivity index (χ4v) is 4.02. The van der Waals surface area contributed by atoms with Crippen LogP contribution in [0.2, 0.25) is 5.02 Å². The molecule has 0 aliphatic carbocycles. The van der Waals surface area contributed by atoms with E-state index in [9.17, 15) is 9.59 Å². The molecule has 0 aliphatic rings. The number of rotatable bonds is 6. The summed E-state index contributed by atoms with van der Waals surface area (Å²) in [5.41, 5.74) is 2.29. The summed E-state index contributed by atoms with van der Waals surface area (Å²) in [4.78, 5) is 29.7. The summed E-state index contributed by atoms with van der Waals surface area (Å²) in [6.07, 6.45) is 3.24. The Morgan fingerprint density at radius 2 is 1.79 bits per heavy atom. The number of anilines is 1. The van der Waals surface area contributed by atoms with E-state index in [-0.39, 0.29) is 11.3 Å². The highest BCUT2D eigenvalue weighted by atomic mass is 35.5. The van der Waals surface area contributed by atoms with Gasteiger partial charge in [-0.15, -0.1) is 11.3 Å². The number of H-pyrrole nitrogens is 1. The summed E-state index contributed by atoms with van der Waals surface area (Å²) >= 11 is 7.32. The number of hydrogen-bond donors (Lipinski definition) is 1. The highest BCUT2D eigenvalue weighted by molar-refractivity contribution is 7.07. The first-order valence-corrected chi connectivity index (χ1v) is 10.3. The van der Waals surface area contributed by atoms with E-state index in [0.717, 1.165) is 24.3 Å². The number of aromatic amines is 1. The van der Waals surface area contributed by atoms with Crippen molar-refractivity contribution in [2.24, 2.45) is 0 Å². The van der Waals surface area contributed by atoms with E-state index in [2.05, 4.69) is 35.9 Å². The van der Waals surface area contributed by atoms with Crippen LogP contribution in [0.4, 0.5) is 5.69 Å². The molecule has 0 bridgehead atoms. The van der Waals surface area contributed by atoms with Crippen molar-refractivity contribution in [1.82, 2.24) is 4.98 Å². The van der Waals surface area contributed by atoms with E-state index >= 15 is 0 Å². The van der Waals surface area contributed by atoms with E-state index in [1.54, 1.807) is 24.3 Å². The Balaban J connectivity index is 1.91. The number of benzene rings is 2. The van der Waals surface area contributed by atoms with E-state index in [0.29, 0.717) is 19.8 Å². The first-order valence-electron chi connectivity index (χ1n) is 9.08. The summed E-state index contributed by atoms with van der Waals surface area (Å²) in [6, 6.07) is 14.9. The molecule has 1 N–H and O–H groups in total. The third-order valence-electron chi connectivity index (χ3n) is 4.40. The zero-order valence-electron chi connectivity index (χ0n) is 15.7. The fourth-order valence-electron chi connectivity index (χ4n) is 2.90. The summed E-state index contributed by atoms with van der Waals surface area (Å²) < 4.78 is 1.05. The van der Waals surface area contributed by atoms with Crippen LogP contribution in [0.3, 0.4) is 0 Å². The Morgan fingerprint density at radius 3 is 2.43 bits per heavy atom. The lowest BCUT2D eigenvalue weighted by molar-refractivity contribution is 0.106. The van der Waals surface area contributed by atoms with Crippen LogP contribution in [0, 0.1) is 0 Å². The number of nitrogens with zero attached hydrogens (tertiary/aromatic N) is 1. The molecule has 3 rings (SSSR count). The molecule has 28 heavy (non-hydrogen) atoms. The summed E-state index contributed by atoms with van der Waals surface area (Å²) in [6.45, 7) is 6.14. The van der Waals surface area contributed by atoms with Crippen molar-refractivity contribution < 1.29 is 4.79 Å². The molecule has 144 valence electrons. The van der Waals surface area contributed by atoms with Crippen LogP contribution < -0.4 is 19.7 Å². The van der Waals surface area contributed by atoms with Crippen molar-refractivity contribution in [3.63, 3.8) is 0 Å². The van der Waals surface area contributed by atoms with Crippen molar-refractivity contribution >= 4 is 46.6 Å². The van der Waals surface area contributed by atoms with Crippen molar-refractivity contribution in [2.45, 2.75) is 13.8 Å². The monoisotopic (exact) mass is 412 g/mol. The summed E-state index contributed by atoms with van der Waals surface area (Å²) in [5, 5.41) is 0.391. The van der Waals surface area contributed by atoms with Crippen LogP contribution in [0.15, 0.2) is 53.3 Å². The average molecular weight is 413 g/mol. The molecule has 1 heterocycles. The Hall–Kier alpha value is -2.63. The van der Waals surface area contributed by atoms with Gasteiger partial charge in [-0.25, -0.2) is 0 Å². The van der Waals surface area contributed by atoms with Gasteiger partial charge in [0.1, 0.15) is 0 Å². The van der Waals surface area contributed by atoms with Gasteiger partial charge in [-0.05, 0) is 49.8 Å². The van der Waals surface area contributed by atoms with Gasteiger partial charge in [-0.1, -0.05) is 35.9 Å². The Labute approximate surface area is 172 Å². The quantitative estimate of drug-likeness (QED) is 0.631. The molecule has 0 radical (unpaired) electrons. The Kier molecular flexibility index (Phi) is 6.49. The molecule has 0 aliphatic heterocycles. The molecule has 0 atom stereocenters. The van der Waals surface area contributed by atoms with Gasteiger partial charge in [0, 0.05) is 30.4 Å². The van der Waals surface area contributed by atoms with Gasteiger partial charge >= 0.3 is 0 Å². The molecule has 0 saturated carbocycles. The Bertz CT molecular complexity index is 1140. The van der Waals surface area contributed by atoms with Crippen LogP contribution in [0.1, 0.15) is 29.8 Å². The molecule has 0 unspecified atom stereocenters. The normalized spacial score (nSPS) is 12.4. The molecule has 2 aromatic carbocycles. The van der Waals surface area contributed by atoms with Crippen molar-refractivity contribution in [3.05, 3.63) is 84.2 Å². The lowest BCUT2D eigenvalue weighted by Gasteiger charge is -2.20. The predicted octanol–water partition coefficient (Wildman–Crippen LogP) is 3.43. The number of Topliss-reactive ketones (excluding diaryl/α,β-unsaturated/α-hetero) is 1. The second-order valence-corrected chi connectivity index (χ2v) is 7.67. The summed E-state index contributed by atoms with van der Waals surface area (Å²) in [5.74, 6) is -0.238. The standard InChI is InChI=1S/C22H21ClN2O2S/c1-3-25(4-2)16-11-9-15(10-12-16)13-20-22(27)24-21(28-20)14-19(26)17-7-5-6-8-18(17)23/h5-14H,3-4H2,1-2H3,(H,24,27)/b20-13-,21-14-. The topological polar surface area (TPSA) is 53.2 Å². The number of nitrogens with one attached hydrogen (secondary N) is 1. The lowest BCUT2D eigenvalue weighted by atomic mass is 10.1. The zero-order chi connectivity index (χ0) is 20.1. The molecule has 0 amide bonds. The number of carbonyl (C=O) groups is 1. The first kappa shape index (κ1) is 20.1. The average Bonchev–Trinajstić information content (AvgIpc) is 3.03. The molecule has 4 nitrogen and oxygen atoms in total. The number of carbonyl (C=O) groups excluding carboxylic acids is 1. The van der Waals surface area contributed by atoms with Crippen LogP contribution in [0.25, 0.3) is 12.2 Å². The maximum Gasteiger partial charge on any atom is 0.266 e. The molecular weight excluding hydrogens is 392 g/mol. The second kappa shape index (κ2) is 9.04. The van der Waals surface area contributed by atoms with Crippen LogP contribution >= 0.6 is 22.9 Å². The molecular formula is C22H21ClN2O2S.